The van der Waals surface area contributed by atoms with Crippen molar-refractivity contribution in [3.05, 3.63) is 45.1 Å². The van der Waals surface area contributed by atoms with Crippen molar-refractivity contribution in [3.8, 4) is 23.3 Å². The van der Waals surface area contributed by atoms with Crippen LogP contribution in [-0.4, -0.2) is 68.7 Å². The van der Waals surface area contributed by atoms with Gasteiger partial charge >= 0.3 is 17.8 Å². The molecule has 1 aliphatic heterocycles. The number of fused-ring (bicyclic) bond motifs is 1. The van der Waals surface area contributed by atoms with E-state index in [1.165, 1.54) is 11.6 Å². The Labute approximate surface area is 215 Å². The minimum atomic E-state index is -5.08. The van der Waals surface area contributed by atoms with Crippen molar-refractivity contribution in [1.82, 2.24) is 24.0 Å². The lowest BCUT2D eigenvalue weighted by Crippen LogP contribution is -2.44. The van der Waals surface area contributed by atoms with E-state index in [1.54, 1.807) is 13.0 Å². The molecule has 11 nitrogen and oxygen atoms in total. The predicted octanol–water partition coefficient (Wildman–Crippen LogP) is 1.35. The zero-order chi connectivity index (χ0) is 28.0. The standard InChI is InChI=1S/C22H26N6O3.C2HF3O2/c1-4-6-12-27-18-19(24-21(27)26-13-10-23-11-14-26)28(22(30)25(3)20(18)29)16-8-7-9-17(15-16)31-5-2;3-2(4,5)1(6)7/h7-9,15,23H,5,10-14H2,1-3H3;(H,6,7). The first-order valence-corrected chi connectivity index (χ1v) is 11.6. The maximum atomic E-state index is 13.2. The van der Waals surface area contributed by atoms with Crippen molar-refractivity contribution >= 4 is 23.1 Å². The molecule has 1 fully saturated rings. The van der Waals surface area contributed by atoms with Gasteiger partial charge in [0.2, 0.25) is 5.95 Å². The lowest BCUT2D eigenvalue weighted by molar-refractivity contribution is -0.192. The van der Waals surface area contributed by atoms with Crippen LogP contribution in [0.4, 0.5) is 19.1 Å². The molecule has 204 valence electrons. The van der Waals surface area contributed by atoms with Crippen LogP contribution >= 0.6 is 0 Å². The summed E-state index contributed by atoms with van der Waals surface area (Å²) in [6.45, 7) is 7.65. The minimum absolute atomic E-state index is 0.318. The molecule has 38 heavy (non-hydrogen) atoms. The Bertz CT molecular complexity index is 1490. The Kier molecular flexibility index (Phi) is 8.84. The molecule has 0 aliphatic carbocycles. The van der Waals surface area contributed by atoms with E-state index in [1.807, 2.05) is 29.7 Å². The maximum Gasteiger partial charge on any atom is 0.490 e. The monoisotopic (exact) mass is 536 g/mol. The number of aromatic nitrogens is 4. The van der Waals surface area contributed by atoms with Crippen LogP contribution in [0.3, 0.4) is 0 Å². The highest BCUT2D eigenvalue weighted by atomic mass is 19.4. The topological polar surface area (TPSA) is 124 Å². The van der Waals surface area contributed by atoms with Crippen molar-refractivity contribution < 1.29 is 27.8 Å². The number of ether oxygens (including phenoxy) is 1. The van der Waals surface area contributed by atoms with Crippen LogP contribution in [0.1, 0.15) is 13.8 Å². The molecule has 2 aromatic heterocycles. The van der Waals surface area contributed by atoms with Crippen molar-refractivity contribution in [2.75, 3.05) is 37.7 Å². The smallest absolute Gasteiger partial charge is 0.490 e. The number of carbonyl (C=O) groups is 1. The van der Waals surface area contributed by atoms with E-state index < -0.39 is 17.8 Å². The van der Waals surface area contributed by atoms with E-state index in [4.69, 9.17) is 19.6 Å². The Morgan fingerprint density at radius 1 is 1.24 bits per heavy atom. The van der Waals surface area contributed by atoms with Gasteiger partial charge in [0.05, 0.1) is 18.8 Å². The number of rotatable bonds is 5. The fraction of sp³-hybridized carbons (Fsp3) is 0.417. The summed E-state index contributed by atoms with van der Waals surface area (Å²) in [7, 11) is 1.49. The average Bonchev–Trinajstić information content (AvgIpc) is 3.26. The molecule has 0 unspecified atom stereocenters. The number of hydrogen-bond acceptors (Lipinski definition) is 7. The Hall–Kier alpha value is -4.25. The highest BCUT2D eigenvalue weighted by Crippen LogP contribution is 2.23. The number of anilines is 1. The third-order valence-electron chi connectivity index (χ3n) is 5.57. The molecule has 4 rings (SSSR count). The fourth-order valence-electron chi connectivity index (χ4n) is 3.81. The number of benzene rings is 1. The van der Waals surface area contributed by atoms with Crippen molar-refractivity contribution in [3.63, 3.8) is 0 Å². The van der Waals surface area contributed by atoms with Gasteiger partial charge in [0.15, 0.2) is 11.2 Å². The lowest BCUT2D eigenvalue weighted by atomic mass is 10.3. The van der Waals surface area contributed by atoms with E-state index >= 15 is 0 Å². The van der Waals surface area contributed by atoms with Gasteiger partial charge in [-0.2, -0.15) is 18.2 Å². The van der Waals surface area contributed by atoms with Crippen LogP contribution in [0, 0.1) is 11.8 Å². The minimum Gasteiger partial charge on any atom is -0.494 e. The Morgan fingerprint density at radius 3 is 2.47 bits per heavy atom. The third kappa shape index (κ3) is 6.00. The van der Waals surface area contributed by atoms with Crippen LogP contribution < -0.4 is 26.2 Å². The number of aliphatic carboxylic acids is 1. The van der Waals surface area contributed by atoms with Crippen molar-refractivity contribution in [1.29, 1.82) is 0 Å². The van der Waals surface area contributed by atoms with E-state index in [0.717, 1.165) is 30.7 Å². The second kappa shape index (κ2) is 11.9. The van der Waals surface area contributed by atoms with Crippen LogP contribution in [0.2, 0.25) is 0 Å². The molecule has 1 aliphatic rings. The largest absolute Gasteiger partial charge is 0.494 e. The number of alkyl halides is 3. The normalized spacial score (nSPS) is 13.4. The van der Waals surface area contributed by atoms with Crippen LogP contribution in [-0.2, 0) is 18.4 Å². The lowest BCUT2D eigenvalue weighted by Gasteiger charge is -2.28. The number of carboxylic acid groups (broad SMARTS) is 1. The maximum absolute atomic E-state index is 13.2. The van der Waals surface area contributed by atoms with Gasteiger partial charge in [-0.05, 0) is 26.0 Å². The molecule has 2 N–H and O–H groups in total. The van der Waals surface area contributed by atoms with Gasteiger partial charge in [-0.1, -0.05) is 12.0 Å². The summed E-state index contributed by atoms with van der Waals surface area (Å²) in [6, 6.07) is 7.24. The average molecular weight is 537 g/mol. The zero-order valence-corrected chi connectivity index (χ0v) is 21.0. The molecule has 0 radical (unpaired) electrons. The number of nitrogens with one attached hydrogen (secondary N) is 1. The summed E-state index contributed by atoms with van der Waals surface area (Å²) in [6.07, 6.45) is -5.08. The van der Waals surface area contributed by atoms with Gasteiger partial charge < -0.3 is 20.1 Å². The third-order valence-corrected chi connectivity index (χ3v) is 5.57. The van der Waals surface area contributed by atoms with Gasteiger partial charge in [-0.15, -0.1) is 5.92 Å². The molecule has 1 saturated heterocycles. The van der Waals surface area contributed by atoms with Crippen molar-refractivity contribution in [2.45, 2.75) is 26.6 Å². The first-order chi connectivity index (χ1) is 18.0. The number of halogens is 3. The van der Waals surface area contributed by atoms with E-state index in [2.05, 4.69) is 22.1 Å². The molecule has 3 heterocycles. The van der Waals surface area contributed by atoms with Gasteiger partial charge in [0.25, 0.3) is 5.56 Å². The molecular formula is C24H27F3N6O5. The van der Waals surface area contributed by atoms with Gasteiger partial charge in [-0.25, -0.2) is 14.2 Å². The number of piperazine rings is 1. The first-order valence-electron chi connectivity index (χ1n) is 11.6. The number of imidazole rings is 1. The Morgan fingerprint density at radius 2 is 1.89 bits per heavy atom. The molecule has 3 aromatic rings. The molecule has 0 amide bonds. The zero-order valence-electron chi connectivity index (χ0n) is 21.0. The van der Waals surface area contributed by atoms with E-state index in [0.29, 0.717) is 41.7 Å². The van der Waals surface area contributed by atoms with Crippen LogP contribution in [0.5, 0.6) is 5.75 Å². The predicted molar refractivity (Wildman–Crippen MR) is 134 cm³/mol. The van der Waals surface area contributed by atoms with Crippen LogP contribution in [0.25, 0.3) is 16.9 Å². The summed E-state index contributed by atoms with van der Waals surface area (Å²) < 4.78 is 41.8. The fourth-order valence-corrected chi connectivity index (χ4v) is 3.81. The molecular weight excluding hydrogens is 509 g/mol. The molecule has 0 bridgehead atoms. The summed E-state index contributed by atoms with van der Waals surface area (Å²) >= 11 is 0. The van der Waals surface area contributed by atoms with Crippen molar-refractivity contribution in [2.24, 2.45) is 7.05 Å². The highest BCUT2D eigenvalue weighted by molar-refractivity contribution is 5.77. The van der Waals surface area contributed by atoms with Gasteiger partial charge in [0.1, 0.15) is 5.75 Å². The van der Waals surface area contributed by atoms with E-state index in [9.17, 15) is 22.8 Å². The molecule has 0 spiro atoms. The first kappa shape index (κ1) is 28.3. The summed E-state index contributed by atoms with van der Waals surface area (Å²) in [5.41, 5.74) is 0.441. The molecule has 1 aromatic carbocycles. The Balaban J connectivity index is 0.000000505. The van der Waals surface area contributed by atoms with E-state index in [-0.39, 0.29) is 5.56 Å². The second-order valence-corrected chi connectivity index (χ2v) is 8.05. The molecule has 0 saturated carbocycles. The molecule has 14 heteroatoms. The highest BCUT2D eigenvalue weighted by Gasteiger charge is 2.38. The molecule has 0 atom stereocenters. The van der Waals surface area contributed by atoms with Gasteiger partial charge in [0, 0.05) is 39.3 Å². The summed E-state index contributed by atoms with van der Waals surface area (Å²) in [5, 5.41) is 10.4. The number of hydrogen-bond donors (Lipinski definition) is 2. The van der Waals surface area contributed by atoms with Crippen LogP contribution in [0.15, 0.2) is 33.9 Å². The van der Waals surface area contributed by atoms with Gasteiger partial charge in [-0.3, -0.25) is 13.9 Å². The quantitative estimate of drug-likeness (QED) is 0.469. The summed E-state index contributed by atoms with van der Waals surface area (Å²) in [4.78, 5) is 42.2. The number of nitrogens with zero attached hydrogens (tertiary/aromatic N) is 5. The number of carboxylic acids is 1. The SMILES string of the molecule is CC#CCn1c(N2CCNCC2)nc2c1c(=O)n(C)c(=O)n2-c1cccc(OCC)c1.O=C(O)C(F)(F)F. The second-order valence-electron chi connectivity index (χ2n) is 8.05. The summed E-state index contributed by atoms with van der Waals surface area (Å²) in [5.74, 6) is 4.47.